The van der Waals surface area contributed by atoms with Crippen LogP contribution >= 0.6 is 0 Å². The summed E-state index contributed by atoms with van der Waals surface area (Å²) >= 11 is 0. The third-order valence-electron chi connectivity index (χ3n) is 2.18. The van der Waals surface area contributed by atoms with Crippen molar-refractivity contribution in [3.05, 3.63) is 23.3 Å². The minimum atomic E-state index is -0.0867. The molecular formula is C13H15NO3. The zero-order valence-electron chi connectivity index (χ0n) is 10.2. The summed E-state index contributed by atoms with van der Waals surface area (Å²) in [5.41, 5.74) is 0.814. The molecule has 0 bridgehead atoms. The molecule has 17 heavy (non-hydrogen) atoms. The van der Waals surface area contributed by atoms with Crippen molar-refractivity contribution in [3.8, 4) is 17.6 Å². The predicted octanol–water partition coefficient (Wildman–Crippen LogP) is 2.56. The molecule has 0 radical (unpaired) electrons. The first kappa shape index (κ1) is 13.0. The van der Waals surface area contributed by atoms with E-state index in [9.17, 15) is 4.79 Å². The van der Waals surface area contributed by atoms with Gasteiger partial charge in [-0.25, -0.2) is 0 Å². The number of hydrogen-bond acceptors (Lipinski definition) is 4. The van der Waals surface area contributed by atoms with Crippen LogP contribution in [0.3, 0.4) is 0 Å². The van der Waals surface area contributed by atoms with Gasteiger partial charge in [0.2, 0.25) is 0 Å². The Kier molecular flexibility index (Phi) is 4.53. The monoisotopic (exact) mass is 233 g/mol. The van der Waals surface area contributed by atoms with E-state index in [0.29, 0.717) is 35.8 Å². The molecule has 0 aromatic heterocycles. The Morgan fingerprint density at radius 1 is 1.24 bits per heavy atom. The van der Waals surface area contributed by atoms with E-state index < -0.39 is 0 Å². The molecule has 90 valence electrons. The summed E-state index contributed by atoms with van der Waals surface area (Å²) in [5.74, 6) is 0.702. The van der Waals surface area contributed by atoms with Crippen molar-refractivity contribution in [1.82, 2.24) is 0 Å². The first-order chi connectivity index (χ1) is 8.13. The van der Waals surface area contributed by atoms with Crippen LogP contribution in [0.5, 0.6) is 11.5 Å². The second-order valence-electron chi connectivity index (χ2n) is 3.38. The highest BCUT2D eigenvalue weighted by molar-refractivity contribution is 5.95. The first-order valence-corrected chi connectivity index (χ1v) is 5.48. The van der Waals surface area contributed by atoms with Crippen LogP contribution in [0, 0.1) is 11.3 Å². The third-order valence-corrected chi connectivity index (χ3v) is 2.18. The number of carbonyl (C=O) groups is 1. The normalized spacial score (nSPS) is 9.53. The van der Waals surface area contributed by atoms with Gasteiger partial charge in [-0.2, -0.15) is 5.26 Å². The van der Waals surface area contributed by atoms with Gasteiger partial charge in [-0.1, -0.05) is 0 Å². The number of hydrogen-bond donors (Lipinski definition) is 0. The highest BCUT2D eigenvalue weighted by Crippen LogP contribution is 2.30. The van der Waals surface area contributed by atoms with Crippen molar-refractivity contribution in [2.75, 3.05) is 13.2 Å². The first-order valence-electron chi connectivity index (χ1n) is 5.48. The topological polar surface area (TPSA) is 59.3 Å². The summed E-state index contributed by atoms with van der Waals surface area (Å²) in [6.45, 7) is 5.97. The lowest BCUT2D eigenvalue weighted by Crippen LogP contribution is -2.03. The summed E-state index contributed by atoms with van der Waals surface area (Å²) < 4.78 is 10.7. The minimum absolute atomic E-state index is 0.0867. The molecule has 0 heterocycles. The summed E-state index contributed by atoms with van der Waals surface area (Å²) in [5, 5.41) is 9.09. The summed E-state index contributed by atoms with van der Waals surface area (Å²) in [4.78, 5) is 11.4. The number of rotatable bonds is 5. The van der Waals surface area contributed by atoms with E-state index >= 15 is 0 Å². The standard InChI is InChI=1S/C13H15NO3/c1-4-16-12-6-10(9(3)15)7-13(17-5-2)11(12)8-14/h6-7H,4-5H2,1-3H3. The molecule has 1 aromatic rings. The second kappa shape index (κ2) is 5.90. The smallest absolute Gasteiger partial charge is 0.160 e. The molecule has 0 aliphatic carbocycles. The fourth-order valence-corrected chi connectivity index (χ4v) is 1.44. The van der Waals surface area contributed by atoms with E-state index in [0.717, 1.165) is 0 Å². The van der Waals surface area contributed by atoms with Crippen LogP contribution in [0.15, 0.2) is 12.1 Å². The molecule has 0 saturated carbocycles. The van der Waals surface area contributed by atoms with E-state index in [-0.39, 0.29) is 5.78 Å². The van der Waals surface area contributed by atoms with Gasteiger partial charge in [0.1, 0.15) is 23.1 Å². The molecule has 4 nitrogen and oxygen atoms in total. The van der Waals surface area contributed by atoms with E-state index in [4.69, 9.17) is 14.7 Å². The van der Waals surface area contributed by atoms with Crippen LogP contribution < -0.4 is 9.47 Å². The Morgan fingerprint density at radius 3 is 2.00 bits per heavy atom. The van der Waals surface area contributed by atoms with Gasteiger partial charge in [-0.05, 0) is 32.9 Å². The lowest BCUT2D eigenvalue weighted by atomic mass is 10.1. The molecule has 0 saturated heterocycles. The van der Waals surface area contributed by atoms with Gasteiger partial charge >= 0.3 is 0 Å². The molecule has 1 rings (SSSR count). The molecular weight excluding hydrogens is 218 g/mol. The van der Waals surface area contributed by atoms with Crippen molar-refractivity contribution >= 4 is 5.78 Å². The van der Waals surface area contributed by atoms with Crippen LogP contribution in [-0.4, -0.2) is 19.0 Å². The van der Waals surface area contributed by atoms with Gasteiger partial charge < -0.3 is 9.47 Å². The molecule has 1 aromatic carbocycles. The van der Waals surface area contributed by atoms with Crippen LogP contribution in [0.4, 0.5) is 0 Å². The lowest BCUT2D eigenvalue weighted by Gasteiger charge is -2.12. The van der Waals surface area contributed by atoms with Crippen molar-refractivity contribution in [1.29, 1.82) is 5.26 Å². The van der Waals surface area contributed by atoms with Crippen molar-refractivity contribution < 1.29 is 14.3 Å². The van der Waals surface area contributed by atoms with Crippen molar-refractivity contribution in [3.63, 3.8) is 0 Å². The van der Waals surface area contributed by atoms with Crippen LogP contribution in [0.25, 0.3) is 0 Å². The number of ketones is 1. The Labute approximate surface area is 101 Å². The molecule has 0 unspecified atom stereocenters. The number of nitriles is 1. The maximum absolute atomic E-state index is 11.4. The number of ether oxygens (including phenoxy) is 2. The van der Waals surface area contributed by atoms with Crippen LogP contribution in [-0.2, 0) is 0 Å². The molecule has 0 fully saturated rings. The highest BCUT2D eigenvalue weighted by Gasteiger charge is 2.14. The second-order valence-corrected chi connectivity index (χ2v) is 3.38. The Balaban J connectivity index is 3.35. The SMILES string of the molecule is CCOc1cc(C(C)=O)cc(OCC)c1C#N. The number of Topliss-reactive ketones (excluding diaryl/α,β-unsaturated/α-hetero) is 1. The maximum atomic E-state index is 11.4. The average molecular weight is 233 g/mol. The summed E-state index contributed by atoms with van der Waals surface area (Å²) in [6, 6.07) is 5.19. The Bertz CT molecular complexity index is 433. The third kappa shape index (κ3) is 2.97. The number of nitrogens with zero attached hydrogens (tertiary/aromatic N) is 1. The molecule has 0 amide bonds. The van der Waals surface area contributed by atoms with Gasteiger partial charge in [0.25, 0.3) is 0 Å². The molecule has 0 N–H and O–H groups in total. The van der Waals surface area contributed by atoms with Crippen LogP contribution in [0.1, 0.15) is 36.7 Å². The quantitative estimate of drug-likeness (QED) is 0.733. The molecule has 0 aliphatic heterocycles. The predicted molar refractivity (Wildman–Crippen MR) is 63.5 cm³/mol. The zero-order chi connectivity index (χ0) is 12.8. The summed E-state index contributed by atoms with van der Waals surface area (Å²) in [6.07, 6.45) is 0. The Hall–Kier alpha value is -2.02. The van der Waals surface area contributed by atoms with Gasteiger partial charge in [-0.15, -0.1) is 0 Å². The molecule has 0 aliphatic rings. The fourth-order valence-electron chi connectivity index (χ4n) is 1.44. The molecule has 4 heteroatoms. The van der Waals surface area contributed by atoms with E-state index in [2.05, 4.69) is 0 Å². The van der Waals surface area contributed by atoms with E-state index in [1.165, 1.54) is 6.92 Å². The van der Waals surface area contributed by atoms with E-state index in [1.807, 2.05) is 19.9 Å². The molecule has 0 spiro atoms. The average Bonchev–Trinajstić information content (AvgIpc) is 2.29. The lowest BCUT2D eigenvalue weighted by molar-refractivity contribution is 0.101. The highest BCUT2D eigenvalue weighted by atomic mass is 16.5. The van der Waals surface area contributed by atoms with E-state index in [1.54, 1.807) is 12.1 Å². The fraction of sp³-hybridized carbons (Fsp3) is 0.385. The molecule has 0 atom stereocenters. The van der Waals surface area contributed by atoms with Gasteiger partial charge in [0, 0.05) is 5.56 Å². The van der Waals surface area contributed by atoms with Gasteiger partial charge in [0.15, 0.2) is 5.78 Å². The minimum Gasteiger partial charge on any atom is -0.492 e. The maximum Gasteiger partial charge on any atom is 0.160 e. The van der Waals surface area contributed by atoms with Gasteiger partial charge in [0.05, 0.1) is 13.2 Å². The van der Waals surface area contributed by atoms with Crippen molar-refractivity contribution in [2.24, 2.45) is 0 Å². The largest absolute Gasteiger partial charge is 0.492 e. The number of benzene rings is 1. The van der Waals surface area contributed by atoms with Gasteiger partial charge in [-0.3, -0.25) is 4.79 Å². The number of carbonyl (C=O) groups excluding carboxylic acids is 1. The summed E-state index contributed by atoms with van der Waals surface area (Å²) in [7, 11) is 0. The van der Waals surface area contributed by atoms with Crippen molar-refractivity contribution in [2.45, 2.75) is 20.8 Å². The van der Waals surface area contributed by atoms with Crippen LogP contribution in [0.2, 0.25) is 0 Å². The Morgan fingerprint density at radius 2 is 1.71 bits per heavy atom. The zero-order valence-corrected chi connectivity index (χ0v) is 10.2.